The zero-order valence-electron chi connectivity index (χ0n) is 20.9. The maximum Gasteiger partial charge on any atom is 0.573 e. The summed E-state index contributed by atoms with van der Waals surface area (Å²) in [5.74, 6) is -1.80. The third kappa shape index (κ3) is 6.76. The number of carbonyl (C=O) groups excluding carboxylic acids is 2. The summed E-state index contributed by atoms with van der Waals surface area (Å²) in [7, 11) is 0. The van der Waals surface area contributed by atoms with E-state index in [0.29, 0.717) is 23.2 Å². The molecule has 0 aliphatic carbocycles. The molecule has 3 aromatic carbocycles. The molecule has 3 N–H and O–H groups in total. The molecule has 0 saturated heterocycles. The molecule has 2 amide bonds. The molecule has 10 heteroatoms. The van der Waals surface area contributed by atoms with Crippen molar-refractivity contribution in [3.63, 3.8) is 0 Å². The van der Waals surface area contributed by atoms with Gasteiger partial charge in [0.25, 0.3) is 11.8 Å². The number of para-hydroxylation sites is 1. The van der Waals surface area contributed by atoms with Gasteiger partial charge in [-0.3, -0.25) is 9.59 Å². The predicted molar refractivity (Wildman–Crippen MR) is 140 cm³/mol. The first kappa shape index (κ1) is 27.3. The van der Waals surface area contributed by atoms with Crippen LogP contribution in [0.15, 0.2) is 72.9 Å². The summed E-state index contributed by atoms with van der Waals surface area (Å²) >= 11 is 0. The molecule has 4 aromatic rings. The van der Waals surface area contributed by atoms with Crippen molar-refractivity contribution in [1.82, 2.24) is 15.6 Å². The molecule has 1 heterocycles. The maximum absolute atomic E-state index is 13.3. The molecule has 7 nitrogen and oxygen atoms in total. The Balaban J connectivity index is 1.66. The minimum absolute atomic E-state index is 0.0605. The van der Waals surface area contributed by atoms with Gasteiger partial charge in [-0.1, -0.05) is 36.4 Å². The molecule has 39 heavy (non-hydrogen) atoms. The standard InChI is InChI=1S/C29H25F3N4O3/c1-2-34-27(37)20-7-5-6-18(14-20)19-10-11-26(39-29(30,31)32)24(16-19)28(38)36-22(12-13-33)15-21-17-35-25-9-4-3-8-23(21)25/h3-11,14,16-17,22,35H,2,12,15H2,1H3,(H,34,37)(H,36,38). The maximum atomic E-state index is 13.3. The highest BCUT2D eigenvalue weighted by Gasteiger charge is 2.33. The molecule has 0 radical (unpaired) electrons. The molecule has 0 fully saturated rings. The normalized spacial score (nSPS) is 12.0. The smallest absolute Gasteiger partial charge is 0.405 e. The largest absolute Gasteiger partial charge is 0.573 e. The highest BCUT2D eigenvalue weighted by Crippen LogP contribution is 2.31. The number of alkyl halides is 3. The van der Waals surface area contributed by atoms with Crippen LogP contribution in [0.25, 0.3) is 22.0 Å². The molecule has 1 aromatic heterocycles. The second-order valence-electron chi connectivity index (χ2n) is 8.80. The zero-order chi connectivity index (χ0) is 28.0. The number of H-pyrrole nitrogens is 1. The average Bonchev–Trinajstić information content (AvgIpc) is 3.31. The van der Waals surface area contributed by atoms with Crippen molar-refractivity contribution in [2.45, 2.75) is 32.2 Å². The topological polar surface area (TPSA) is 107 Å². The quantitative estimate of drug-likeness (QED) is 0.255. The summed E-state index contributed by atoms with van der Waals surface area (Å²) in [4.78, 5) is 28.7. The first-order chi connectivity index (χ1) is 18.7. The lowest BCUT2D eigenvalue weighted by Crippen LogP contribution is -2.36. The lowest BCUT2D eigenvalue weighted by molar-refractivity contribution is -0.274. The third-order valence-corrected chi connectivity index (χ3v) is 6.06. The Morgan fingerprint density at radius 1 is 1.03 bits per heavy atom. The van der Waals surface area contributed by atoms with E-state index in [1.54, 1.807) is 37.4 Å². The molecular formula is C29H25F3N4O3. The number of halogens is 3. The summed E-state index contributed by atoms with van der Waals surface area (Å²) in [6, 6.07) is 19.1. The number of nitrogens with zero attached hydrogens (tertiary/aromatic N) is 1. The molecule has 1 unspecified atom stereocenters. The Labute approximate surface area is 222 Å². The van der Waals surface area contributed by atoms with E-state index in [2.05, 4.69) is 20.4 Å². The second-order valence-corrected chi connectivity index (χ2v) is 8.80. The minimum atomic E-state index is -5.02. The van der Waals surface area contributed by atoms with Crippen LogP contribution >= 0.6 is 0 Å². The number of ether oxygens (including phenoxy) is 1. The van der Waals surface area contributed by atoms with Gasteiger partial charge in [0.1, 0.15) is 5.75 Å². The number of hydrogen-bond donors (Lipinski definition) is 3. The number of carbonyl (C=O) groups is 2. The predicted octanol–water partition coefficient (Wildman–Crippen LogP) is 5.74. The summed E-state index contributed by atoms with van der Waals surface area (Å²) in [6.07, 6.45) is -3.02. The Bertz CT molecular complexity index is 1540. The van der Waals surface area contributed by atoms with Crippen molar-refractivity contribution < 1.29 is 27.5 Å². The van der Waals surface area contributed by atoms with Crippen LogP contribution in [0.1, 0.15) is 39.6 Å². The van der Waals surface area contributed by atoms with Gasteiger partial charge in [0.05, 0.1) is 18.1 Å². The molecular weight excluding hydrogens is 509 g/mol. The van der Waals surface area contributed by atoms with Crippen LogP contribution in [-0.4, -0.2) is 35.7 Å². The van der Waals surface area contributed by atoms with Gasteiger partial charge < -0.3 is 20.4 Å². The Hall–Kier alpha value is -4.78. The summed E-state index contributed by atoms with van der Waals surface area (Å²) in [5.41, 5.74) is 2.69. The van der Waals surface area contributed by atoms with Gasteiger partial charge in [0, 0.05) is 35.2 Å². The van der Waals surface area contributed by atoms with Crippen LogP contribution in [0.3, 0.4) is 0 Å². The van der Waals surface area contributed by atoms with Crippen LogP contribution in [0, 0.1) is 11.3 Å². The Morgan fingerprint density at radius 3 is 2.54 bits per heavy atom. The molecule has 4 rings (SSSR count). The van der Waals surface area contributed by atoms with Crippen molar-refractivity contribution in [3.8, 4) is 22.9 Å². The fourth-order valence-corrected chi connectivity index (χ4v) is 4.32. The number of hydrogen-bond acceptors (Lipinski definition) is 4. The van der Waals surface area contributed by atoms with E-state index < -0.39 is 24.1 Å². The van der Waals surface area contributed by atoms with Crippen LogP contribution in [-0.2, 0) is 6.42 Å². The van der Waals surface area contributed by atoms with E-state index in [9.17, 15) is 28.0 Å². The van der Waals surface area contributed by atoms with E-state index in [-0.39, 0.29) is 24.3 Å². The van der Waals surface area contributed by atoms with E-state index >= 15 is 0 Å². The van der Waals surface area contributed by atoms with Gasteiger partial charge in [-0.2, -0.15) is 5.26 Å². The van der Waals surface area contributed by atoms with Crippen molar-refractivity contribution in [2.75, 3.05) is 6.54 Å². The summed E-state index contributed by atoms with van der Waals surface area (Å²) < 4.78 is 43.6. The summed E-state index contributed by atoms with van der Waals surface area (Å²) in [5, 5.41) is 15.7. The first-order valence-corrected chi connectivity index (χ1v) is 12.2. The monoisotopic (exact) mass is 534 g/mol. The zero-order valence-corrected chi connectivity index (χ0v) is 20.9. The van der Waals surface area contributed by atoms with Crippen molar-refractivity contribution in [3.05, 3.63) is 89.6 Å². The average molecular weight is 535 g/mol. The Kier molecular flexibility index (Phi) is 8.20. The molecule has 0 saturated carbocycles. The SMILES string of the molecule is CCNC(=O)c1cccc(-c2ccc(OC(F)(F)F)c(C(=O)NC(CC#N)Cc3c[nH]c4ccccc34)c2)c1. The molecule has 0 bridgehead atoms. The van der Waals surface area contributed by atoms with Crippen molar-refractivity contribution >= 4 is 22.7 Å². The van der Waals surface area contributed by atoms with Gasteiger partial charge in [0.2, 0.25) is 0 Å². The number of aromatic amines is 1. The van der Waals surface area contributed by atoms with Gasteiger partial charge in [-0.15, -0.1) is 13.2 Å². The van der Waals surface area contributed by atoms with E-state index in [1.807, 2.05) is 30.3 Å². The van der Waals surface area contributed by atoms with Crippen molar-refractivity contribution in [1.29, 1.82) is 5.26 Å². The van der Waals surface area contributed by atoms with Crippen LogP contribution in [0.4, 0.5) is 13.2 Å². The number of nitrogens with one attached hydrogen (secondary N) is 3. The highest BCUT2D eigenvalue weighted by atomic mass is 19.4. The summed E-state index contributed by atoms with van der Waals surface area (Å²) in [6.45, 7) is 2.21. The first-order valence-electron chi connectivity index (χ1n) is 12.2. The number of amides is 2. The van der Waals surface area contributed by atoms with Gasteiger partial charge in [0.15, 0.2) is 0 Å². The van der Waals surface area contributed by atoms with Gasteiger partial charge in [-0.05, 0) is 60.4 Å². The second kappa shape index (κ2) is 11.7. The number of aromatic nitrogens is 1. The third-order valence-electron chi connectivity index (χ3n) is 6.06. The number of rotatable bonds is 9. The van der Waals surface area contributed by atoms with Crippen LogP contribution < -0.4 is 15.4 Å². The molecule has 0 aliphatic rings. The number of benzene rings is 3. The number of nitriles is 1. The number of fused-ring (bicyclic) bond motifs is 1. The lowest BCUT2D eigenvalue weighted by atomic mass is 9.99. The van der Waals surface area contributed by atoms with E-state index in [4.69, 9.17) is 0 Å². The Morgan fingerprint density at radius 2 is 1.79 bits per heavy atom. The fourth-order valence-electron chi connectivity index (χ4n) is 4.32. The minimum Gasteiger partial charge on any atom is -0.405 e. The van der Waals surface area contributed by atoms with Gasteiger partial charge >= 0.3 is 6.36 Å². The van der Waals surface area contributed by atoms with Crippen molar-refractivity contribution in [2.24, 2.45) is 0 Å². The molecule has 0 aliphatic heterocycles. The van der Waals surface area contributed by atoms with Crippen LogP contribution in [0.5, 0.6) is 5.75 Å². The van der Waals surface area contributed by atoms with E-state index in [0.717, 1.165) is 22.5 Å². The van der Waals surface area contributed by atoms with Crippen LogP contribution in [0.2, 0.25) is 0 Å². The molecule has 200 valence electrons. The highest BCUT2D eigenvalue weighted by molar-refractivity contribution is 5.99. The molecule has 1 atom stereocenters. The van der Waals surface area contributed by atoms with E-state index in [1.165, 1.54) is 12.1 Å². The molecule has 0 spiro atoms. The van der Waals surface area contributed by atoms with Gasteiger partial charge in [-0.25, -0.2) is 0 Å². The lowest BCUT2D eigenvalue weighted by Gasteiger charge is -2.19. The fraction of sp³-hybridized carbons (Fsp3) is 0.207.